The van der Waals surface area contributed by atoms with Gasteiger partial charge in [-0.15, -0.1) is 0 Å². The molecule has 0 bridgehead atoms. The highest BCUT2D eigenvalue weighted by Gasteiger charge is 2.15. The number of nitrogens with one attached hydrogen (secondary N) is 1. The molecule has 0 fully saturated rings. The third kappa shape index (κ3) is 3.36. The van der Waals surface area contributed by atoms with Gasteiger partial charge in [0, 0.05) is 13.2 Å². The first kappa shape index (κ1) is 14.5. The second-order valence-electron chi connectivity index (χ2n) is 5.36. The number of aliphatic hydroxyl groups excluding tert-OH is 1. The highest BCUT2D eigenvalue weighted by Crippen LogP contribution is 2.21. The molecule has 1 amide bonds. The van der Waals surface area contributed by atoms with Gasteiger partial charge in [-0.3, -0.25) is 4.79 Å². The summed E-state index contributed by atoms with van der Waals surface area (Å²) >= 11 is 0. The largest absolute Gasteiger partial charge is 0.396 e. The number of fused-ring (bicyclic) bond motifs is 1. The van der Waals surface area contributed by atoms with Crippen LogP contribution in [0.1, 0.15) is 25.3 Å². The maximum absolute atomic E-state index is 12.1. The van der Waals surface area contributed by atoms with E-state index >= 15 is 0 Å². The average Bonchev–Trinajstić information content (AvgIpc) is 2.50. The van der Waals surface area contributed by atoms with Gasteiger partial charge >= 0.3 is 0 Å². The molecule has 0 aliphatic rings. The second kappa shape index (κ2) is 6.53. The molecule has 0 saturated carbocycles. The Hall–Kier alpha value is -1.87. The van der Waals surface area contributed by atoms with E-state index in [1.807, 2.05) is 38.1 Å². The summed E-state index contributed by atoms with van der Waals surface area (Å²) in [5.41, 5.74) is 1.01. The zero-order valence-corrected chi connectivity index (χ0v) is 12.0. The normalized spacial score (nSPS) is 13.9. The van der Waals surface area contributed by atoms with Crippen molar-refractivity contribution in [1.82, 2.24) is 5.32 Å². The Balaban J connectivity index is 2.10. The van der Waals surface area contributed by atoms with Gasteiger partial charge < -0.3 is 10.4 Å². The molecule has 2 N–H and O–H groups in total. The van der Waals surface area contributed by atoms with Gasteiger partial charge in [-0.2, -0.15) is 0 Å². The van der Waals surface area contributed by atoms with Crippen molar-refractivity contribution in [2.24, 2.45) is 5.92 Å². The third-order valence-corrected chi connectivity index (χ3v) is 3.60. The number of aliphatic hydroxyl groups is 1. The van der Waals surface area contributed by atoms with E-state index in [0.717, 1.165) is 10.9 Å². The van der Waals surface area contributed by atoms with Gasteiger partial charge in [0.1, 0.15) is 0 Å². The number of hydrogen-bond acceptors (Lipinski definition) is 2. The number of rotatable bonds is 5. The second-order valence-corrected chi connectivity index (χ2v) is 5.36. The van der Waals surface area contributed by atoms with Crippen LogP contribution >= 0.6 is 0 Å². The molecule has 2 atom stereocenters. The quantitative estimate of drug-likeness (QED) is 0.878. The van der Waals surface area contributed by atoms with Gasteiger partial charge in [0.2, 0.25) is 5.91 Å². The highest BCUT2D eigenvalue weighted by molar-refractivity contribution is 5.87. The SMILES string of the molecule is CC(CO)CNC(=O)C(C)c1ccc2ccccc2c1. The summed E-state index contributed by atoms with van der Waals surface area (Å²) in [5, 5.41) is 14.2. The van der Waals surface area contributed by atoms with E-state index in [-0.39, 0.29) is 24.3 Å². The zero-order valence-electron chi connectivity index (χ0n) is 12.0. The van der Waals surface area contributed by atoms with Crippen LogP contribution in [-0.2, 0) is 4.79 Å². The molecule has 106 valence electrons. The molecule has 0 spiro atoms. The zero-order chi connectivity index (χ0) is 14.5. The summed E-state index contributed by atoms with van der Waals surface area (Å²) in [4.78, 5) is 12.1. The van der Waals surface area contributed by atoms with E-state index < -0.39 is 0 Å². The van der Waals surface area contributed by atoms with Crippen LogP contribution < -0.4 is 5.32 Å². The van der Waals surface area contributed by atoms with Crippen LogP contribution in [0.2, 0.25) is 0 Å². The number of hydrogen-bond donors (Lipinski definition) is 2. The van der Waals surface area contributed by atoms with Crippen molar-refractivity contribution in [2.45, 2.75) is 19.8 Å². The molecule has 2 aromatic rings. The Morgan fingerprint density at radius 1 is 1.15 bits per heavy atom. The van der Waals surface area contributed by atoms with Crippen molar-refractivity contribution in [2.75, 3.05) is 13.2 Å². The average molecular weight is 271 g/mol. The minimum absolute atomic E-state index is 0.000538. The molecule has 3 heteroatoms. The van der Waals surface area contributed by atoms with Crippen LogP contribution in [0.5, 0.6) is 0 Å². The molecular formula is C17H21NO2. The lowest BCUT2D eigenvalue weighted by atomic mass is 9.97. The van der Waals surface area contributed by atoms with Crippen LogP contribution in [0.25, 0.3) is 10.8 Å². The lowest BCUT2D eigenvalue weighted by Gasteiger charge is -2.15. The first-order valence-electron chi connectivity index (χ1n) is 6.99. The van der Waals surface area contributed by atoms with Crippen LogP contribution in [0.3, 0.4) is 0 Å². The fraction of sp³-hybridized carbons (Fsp3) is 0.353. The summed E-state index contributed by atoms with van der Waals surface area (Å²) in [7, 11) is 0. The summed E-state index contributed by atoms with van der Waals surface area (Å²) in [6, 6.07) is 14.2. The maximum atomic E-state index is 12.1. The van der Waals surface area contributed by atoms with E-state index in [1.54, 1.807) is 0 Å². The first-order valence-corrected chi connectivity index (χ1v) is 6.99. The van der Waals surface area contributed by atoms with Crippen LogP contribution in [-0.4, -0.2) is 24.2 Å². The van der Waals surface area contributed by atoms with E-state index in [2.05, 4.69) is 23.5 Å². The molecule has 0 heterocycles. The number of amides is 1. The Labute approximate surface area is 119 Å². The van der Waals surface area contributed by atoms with E-state index in [9.17, 15) is 4.79 Å². The monoisotopic (exact) mass is 271 g/mol. The number of carbonyl (C=O) groups is 1. The molecular weight excluding hydrogens is 250 g/mol. The molecule has 2 rings (SSSR count). The topological polar surface area (TPSA) is 49.3 Å². The Morgan fingerprint density at radius 2 is 1.85 bits per heavy atom. The van der Waals surface area contributed by atoms with Gasteiger partial charge in [-0.25, -0.2) is 0 Å². The molecule has 0 aliphatic heterocycles. The summed E-state index contributed by atoms with van der Waals surface area (Å²) in [6.07, 6.45) is 0. The molecule has 0 saturated heterocycles. The molecule has 0 radical (unpaired) electrons. The minimum atomic E-state index is -0.189. The molecule has 0 aliphatic carbocycles. The Morgan fingerprint density at radius 3 is 2.55 bits per heavy atom. The first-order chi connectivity index (χ1) is 9.61. The summed E-state index contributed by atoms with van der Waals surface area (Å²) < 4.78 is 0. The predicted octanol–water partition coefficient (Wildman–Crippen LogP) is 2.69. The van der Waals surface area contributed by atoms with Crippen molar-refractivity contribution in [1.29, 1.82) is 0 Å². The van der Waals surface area contributed by atoms with Crippen LogP contribution in [0.4, 0.5) is 0 Å². The van der Waals surface area contributed by atoms with Crippen molar-refractivity contribution >= 4 is 16.7 Å². The summed E-state index contributed by atoms with van der Waals surface area (Å²) in [5.74, 6) is -0.103. The molecule has 2 aromatic carbocycles. The standard InChI is InChI=1S/C17H21NO2/c1-12(11-19)10-18-17(20)13(2)15-8-7-14-5-3-4-6-16(14)9-15/h3-9,12-13,19H,10-11H2,1-2H3,(H,18,20). The lowest BCUT2D eigenvalue weighted by molar-refractivity contribution is -0.122. The highest BCUT2D eigenvalue weighted by atomic mass is 16.3. The smallest absolute Gasteiger partial charge is 0.227 e. The molecule has 20 heavy (non-hydrogen) atoms. The van der Waals surface area contributed by atoms with Crippen molar-refractivity contribution in [3.05, 3.63) is 48.0 Å². The number of benzene rings is 2. The fourth-order valence-electron chi connectivity index (χ4n) is 2.12. The van der Waals surface area contributed by atoms with Gasteiger partial charge in [0.15, 0.2) is 0 Å². The van der Waals surface area contributed by atoms with Crippen LogP contribution in [0.15, 0.2) is 42.5 Å². The fourth-order valence-corrected chi connectivity index (χ4v) is 2.12. The van der Waals surface area contributed by atoms with Gasteiger partial charge in [-0.05, 0) is 29.2 Å². The van der Waals surface area contributed by atoms with Gasteiger partial charge in [-0.1, -0.05) is 49.4 Å². The van der Waals surface area contributed by atoms with Crippen molar-refractivity contribution in [3.63, 3.8) is 0 Å². The van der Waals surface area contributed by atoms with E-state index in [0.29, 0.717) is 6.54 Å². The number of carbonyl (C=O) groups excluding carboxylic acids is 1. The predicted molar refractivity (Wildman–Crippen MR) is 81.6 cm³/mol. The van der Waals surface area contributed by atoms with Gasteiger partial charge in [0.05, 0.1) is 5.92 Å². The summed E-state index contributed by atoms with van der Waals surface area (Å²) in [6.45, 7) is 4.40. The van der Waals surface area contributed by atoms with E-state index in [1.165, 1.54) is 5.39 Å². The Bertz CT molecular complexity index is 594. The van der Waals surface area contributed by atoms with Crippen molar-refractivity contribution < 1.29 is 9.90 Å². The Kier molecular flexibility index (Phi) is 4.74. The molecule has 3 nitrogen and oxygen atoms in total. The van der Waals surface area contributed by atoms with E-state index in [4.69, 9.17) is 5.11 Å². The third-order valence-electron chi connectivity index (χ3n) is 3.60. The maximum Gasteiger partial charge on any atom is 0.227 e. The van der Waals surface area contributed by atoms with Crippen LogP contribution in [0, 0.1) is 5.92 Å². The molecule has 2 unspecified atom stereocenters. The molecule has 0 aromatic heterocycles. The van der Waals surface area contributed by atoms with Gasteiger partial charge in [0.25, 0.3) is 0 Å². The minimum Gasteiger partial charge on any atom is -0.396 e. The van der Waals surface area contributed by atoms with Crippen molar-refractivity contribution in [3.8, 4) is 0 Å². The lowest BCUT2D eigenvalue weighted by Crippen LogP contribution is -2.32.